The van der Waals surface area contributed by atoms with Gasteiger partial charge in [-0.25, -0.2) is 4.98 Å². The molecule has 0 amide bonds. The fraction of sp³-hybridized carbons (Fsp3) is 0.786. The van der Waals surface area contributed by atoms with Crippen LogP contribution in [-0.4, -0.2) is 15.6 Å². The predicted molar refractivity (Wildman–Crippen MR) is 70.7 cm³/mol. The number of aromatic nitrogens is 2. The summed E-state index contributed by atoms with van der Waals surface area (Å²) in [6.45, 7) is 8.90. The average Bonchev–Trinajstić information content (AvgIpc) is 2.78. The van der Waals surface area contributed by atoms with Crippen molar-refractivity contribution in [1.29, 1.82) is 0 Å². The Bertz CT molecular complexity index is 345. The molecule has 96 valence electrons. The molecule has 1 aromatic heterocycles. The smallest absolute Gasteiger partial charge is 0.0948 e. The Kier molecular flexibility index (Phi) is 4.21. The Balaban J connectivity index is 1.89. The molecule has 1 N–H and O–H groups in total. The van der Waals surface area contributed by atoms with Gasteiger partial charge in [-0.3, -0.25) is 0 Å². The number of hydrogen-bond acceptors (Lipinski definition) is 2. The van der Waals surface area contributed by atoms with E-state index in [2.05, 4.69) is 35.6 Å². The Morgan fingerprint density at radius 1 is 1.41 bits per heavy atom. The molecular formula is C14H25N3. The normalized spacial score (nSPS) is 29.5. The second-order valence-electron chi connectivity index (χ2n) is 5.43. The van der Waals surface area contributed by atoms with Crippen LogP contribution in [0.4, 0.5) is 0 Å². The molecule has 0 aromatic carbocycles. The zero-order valence-corrected chi connectivity index (χ0v) is 11.3. The van der Waals surface area contributed by atoms with E-state index in [1.165, 1.54) is 25.0 Å². The highest BCUT2D eigenvalue weighted by atomic mass is 15.1. The summed E-state index contributed by atoms with van der Waals surface area (Å²) in [7, 11) is 0. The molecule has 0 bridgehead atoms. The summed E-state index contributed by atoms with van der Waals surface area (Å²) in [4.78, 5) is 4.21. The molecule has 3 atom stereocenters. The largest absolute Gasteiger partial charge is 0.334 e. The molecule has 3 heteroatoms. The molecule has 1 saturated carbocycles. The Labute approximate surface area is 105 Å². The Hall–Kier alpha value is -0.830. The number of nitrogens with one attached hydrogen (secondary N) is 1. The van der Waals surface area contributed by atoms with E-state index in [0.717, 1.165) is 24.9 Å². The summed E-state index contributed by atoms with van der Waals surface area (Å²) in [5, 5.41) is 3.72. The van der Waals surface area contributed by atoms with Gasteiger partial charge in [0.05, 0.1) is 12.0 Å². The van der Waals surface area contributed by atoms with Crippen molar-refractivity contribution in [2.75, 3.05) is 0 Å². The van der Waals surface area contributed by atoms with Crippen LogP contribution in [0.1, 0.15) is 45.7 Å². The summed E-state index contributed by atoms with van der Waals surface area (Å²) >= 11 is 0. The quantitative estimate of drug-likeness (QED) is 0.869. The number of imidazole rings is 1. The molecule has 0 spiro atoms. The van der Waals surface area contributed by atoms with Gasteiger partial charge in [-0.2, -0.15) is 0 Å². The van der Waals surface area contributed by atoms with Crippen molar-refractivity contribution >= 4 is 0 Å². The minimum atomic E-state index is 0.680. The average molecular weight is 235 g/mol. The SMILES string of the molecule is CCn1cncc1CNC1CCCC(C)C1C. The Morgan fingerprint density at radius 3 is 3.00 bits per heavy atom. The number of nitrogens with zero attached hydrogens (tertiary/aromatic N) is 2. The molecule has 1 aliphatic carbocycles. The van der Waals surface area contributed by atoms with Gasteiger partial charge in [-0.05, 0) is 25.2 Å². The second kappa shape index (κ2) is 5.67. The van der Waals surface area contributed by atoms with Gasteiger partial charge in [-0.15, -0.1) is 0 Å². The van der Waals surface area contributed by atoms with Crippen molar-refractivity contribution in [2.24, 2.45) is 11.8 Å². The summed E-state index contributed by atoms with van der Waals surface area (Å²) in [5.74, 6) is 1.65. The molecule has 1 fully saturated rings. The summed E-state index contributed by atoms with van der Waals surface area (Å²) in [6, 6.07) is 0.680. The van der Waals surface area contributed by atoms with E-state index < -0.39 is 0 Å². The van der Waals surface area contributed by atoms with Crippen LogP contribution in [0, 0.1) is 11.8 Å². The summed E-state index contributed by atoms with van der Waals surface area (Å²) in [6.07, 6.45) is 7.99. The number of hydrogen-bond donors (Lipinski definition) is 1. The van der Waals surface area contributed by atoms with Crippen molar-refractivity contribution in [3.8, 4) is 0 Å². The number of rotatable bonds is 4. The van der Waals surface area contributed by atoms with Crippen LogP contribution in [0.3, 0.4) is 0 Å². The van der Waals surface area contributed by atoms with Gasteiger partial charge in [0.2, 0.25) is 0 Å². The van der Waals surface area contributed by atoms with Crippen molar-refractivity contribution in [3.05, 3.63) is 18.2 Å². The van der Waals surface area contributed by atoms with E-state index in [1.807, 2.05) is 12.5 Å². The third kappa shape index (κ3) is 2.89. The standard InChI is InChI=1S/C14H25N3/c1-4-17-10-15-8-13(17)9-16-14-7-5-6-11(2)12(14)3/h8,10-12,14,16H,4-7,9H2,1-3H3. The maximum atomic E-state index is 4.21. The fourth-order valence-electron chi connectivity index (χ4n) is 2.89. The highest BCUT2D eigenvalue weighted by Gasteiger charge is 2.26. The maximum Gasteiger partial charge on any atom is 0.0948 e. The van der Waals surface area contributed by atoms with Crippen LogP contribution in [0.2, 0.25) is 0 Å². The van der Waals surface area contributed by atoms with E-state index in [0.29, 0.717) is 6.04 Å². The van der Waals surface area contributed by atoms with E-state index in [4.69, 9.17) is 0 Å². The lowest BCUT2D eigenvalue weighted by molar-refractivity contribution is 0.205. The lowest BCUT2D eigenvalue weighted by Gasteiger charge is -2.34. The summed E-state index contributed by atoms with van der Waals surface area (Å²) in [5.41, 5.74) is 1.30. The van der Waals surface area contributed by atoms with Crippen LogP contribution < -0.4 is 5.32 Å². The first-order valence-corrected chi connectivity index (χ1v) is 6.94. The molecule has 0 saturated heterocycles. The Morgan fingerprint density at radius 2 is 2.24 bits per heavy atom. The van der Waals surface area contributed by atoms with Gasteiger partial charge in [0, 0.05) is 25.3 Å². The van der Waals surface area contributed by atoms with Gasteiger partial charge in [-0.1, -0.05) is 26.7 Å². The van der Waals surface area contributed by atoms with Crippen molar-refractivity contribution < 1.29 is 0 Å². The zero-order valence-electron chi connectivity index (χ0n) is 11.3. The van der Waals surface area contributed by atoms with E-state index >= 15 is 0 Å². The van der Waals surface area contributed by atoms with E-state index in [-0.39, 0.29) is 0 Å². The molecule has 2 rings (SSSR count). The van der Waals surface area contributed by atoms with Gasteiger partial charge < -0.3 is 9.88 Å². The lowest BCUT2D eigenvalue weighted by Crippen LogP contribution is -2.40. The minimum absolute atomic E-state index is 0.680. The van der Waals surface area contributed by atoms with Crippen LogP contribution in [0.25, 0.3) is 0 Å². The predicted octanol–water partition coefficient (Wildman–Crippen LogP) is 2.82. The molecular weight excluding hydrogens is 210 g/mol. The number of aryl methyl sites for hydroxylation is 1. The van der Waals surface area contributed by atoms with Crippen LogP contribution in [0.5, 0.6) is 0 Å². The maximum absolute atomic E-state index is 4.21. The van der Waals surface area contributed by atoms with E-state index in [9.17, 15) is 0 Å². The highest BCUT2D eigenvalue weighted by molar-refractivity contribution is 4.98. The van der Waals surface area contributed by atoms with Gasteiger partial charge in [0.1, 0.15) is 0 Å². The monoisotopic (exact) mass is 235 g/mol. The highest BCUT2D eigenvalue weighted by Crippen LogP contribution is 2.29. The zero-order chi connectivity index (χ0) is 12.3. The first-order chi connectivity index (χ1) is 8.22. The first kappa shape index (κ1) is 12.6. The van der Waals surface area contributed by atoms with Crippen LogP contribution >= 0.6 is 0 Å². The van der Waals surface area contributed by atoms with Crippen molar-refractivity contribution in [3.63, 3.8) is 0 Å². The topological polar surface area (TPSA) is 29.9 Å². The molecule has 3 unspecified atom stereocenters. The molecule has 1 aromatic rings. The van der Waals surface area contributed by atoms with Crippen LogP contribution in [-0.2, 0) is 13.1 Å². The molecule has 0 aliphatic heterocycles. The van der Waals surface area contributed by atoms with Gasteiger partial charge >= 0.3 is 0 Å². The molecule has 3 nitrogen and oxygen atoms in total. The minimum Gasteiger partial charge on any atom is -0.334 e. The first-order valence-electron chi connectivity index (χ1n) is 6.94. The summed E-state index contributed by atoms with van der Waals surface area (Å²) < 4.78 is 2.21. The van der Waals surface area contributed by atoms with E-state index in [1.54, 1.807) is 0 Å². The fourth-order valence-corrected chi connectivity index (χ4v) is 2.89. The van der Waals surface area contributed by atoms with Gasteiger partial charge in [0.15, 0.2) is 0 Å². The second-order valence-corrected chi connectivity index (χ2v) is 5.43. The lowest BCUT2D eigenvalue weighted by atomic mass is 9.78. The molecule has 1 heterocycles. The van der Waals surface area contributed by atoms with Crippen molar-refractivity contribution in [1.82, 2.24) is 14.9 Å². The molecule has 17 heavy (non-hydrogen) atoms. The third-order valence-corrected chi connectivity index (χ3v) is 4.39. The van der Waals surface area contributed by atoms with Gasteiger partial charge in [0.25, 0.3) is 0 Å². The third-order valence-electron chi connectivity index (χ3n) is 4.39. The molecule has 1 aliphatic rings. The van der Waals surface area contributed by atoms with Crippen molar-refractivity contribution in [2.45, 2.75) is 59.2 Å². The van der Waals surface area contributed by atoms with Crippen LogP contribution in [0.15, 0.2) is 12.5 Å². The molecule has 0 radical (unpaired) electrons.